The van der Waals surface area contributed by atoms with Gasteiger partial charge in [0.25, 0.3) is 6.43 Å². The van der Waals surface area contributed by atoms with Gasteiger partial charge in [-0.15, -0.1) is 0 Å². The number of halogens is 5. The molecule has 1 nitrogen and oxygen atoms in total. The van der Waals surface area contributed by atoms with Gasteiger partial charge in [0.2, 0.25) is 0 Å². The average molecular weight is 238 g/mol. The molecule has 0 atom stereocenters. The highest BCUT2D eigenvalue weighted by atomic mass is 19.4. The van der Waals surface area contributed by atoms with Crippen molar-refractivity contribution >= 4 is 5.78 Å². The average Bonchev–Trinajstić information content (AvgIpc) is 2.15. The molecule has 1 rings (SSSR count). The maximum absolute atomic E-state index is 12.4. The van der Waals surface area contributed by atoms with E-state index >= 15 is 0 Å². The summed E-state index contributed by atoms with van der Waals surface area (Å²) in [4.78, 5) is 10.9. The normalized spacial score (nSPS) is 11.9. The number of carbonyl (C=O) groups excluding carboxylic acids is 1. The van der Waals surface area contributed by atoms with Crippen molar-refractivity contribution in [1.29, 1.82) is 0 Å². The van der Waals surface area contributed by atoms with E-state index in [0.29, 0.717) is 12.1 Å². The molecule has 0 aliphatic carbocycles. The zero-order valence-electron chi connectivity index (χ0n) is 8.11. The highest BCUT2D eigenvalue weighted by Gasteiger charge is 2.36. The van der Waals surface area contributed by atoms with E-state index in [1.54, 1.807) is 0 Å². The van der Waals surface area contributed by atoms with Gasteiger partial charge < -0.3 is 0 Å². The summed E-state index contributed by atoms with van der Waals surface area (Å²) in [6.07, 6.45) is -8.12. The molecule has 0 amide bonds. The molecule has 6 heteroatoms. The molecule has 0 aliphatic heterocycles. The Hall–Kier alpha value is -1.46. The van der Waals surface area contributed by atoms with Crippen LogP contribution in [-0.4, -0.2) is 5.78 Å². The lowest BCUT2D eigenvalue weighted by Gasteiger charge is -2.13. The van der Waals surface area contributed by atoms with Crippen molar-refractivity contribution in [3.05, 3.63) is 34.9 Å². The third-order valence-electron chi connectivity index (χ3n) is 2.00. The lowest BCUT2D eigenvalue weighted by Crippen LogP contribution is -2.11. The second-order valence-electron chi connectivity index (χ2n) is 3.16. The lowest BCUT2D eigenvalue weighted by molar-refractivity contribution is -0.139. The summed E-state index contributed by atoms with van der Waals surface area (Å²) in [5, 5.41) is 0. The van der Waals surface area contributed by atoms with Crippen LogP contribution in [0.4, 0.5) is 22.0 Å². The van der Waals surface area contributed by atoms with Gasteiger partial charge in [-0.1, -0.05) is 12.1 Å². The molecule has 0 fully saturated rings. The predicted octanol–water partition coefficient (Wildman–Crippen LogP) is 3.85. The number of alkyl halides is 5. The Morgan fingerprint density at radius 2 is 1.81 bits per heavy atom. The number of carbonyl (C=O) groups is 1. The van der Waals surface area contributed by atoms with E-state index in [4.69, 9.17) is 0 Å². The largest absolute Gasteiger partial charge is 0.416 e. The van der Waals surface area contributed by atoms with E-state index in [2.05, 4.69) is 0 Å². The van der Waals surface area contributed by atoms with E-state index in [0.717, 1.165) is 13.0 Å². The van der Waals surface area contributed by atoms with E-state index in [-0.39, 0.29) is 5.56 Å². The number of Topliss-reactive ketones (excluding diaryl/α,β-unsaturated/α-hetero) is 1. The third-order valence-corrected chi connectivity index (χ3v) is 2.00. The monoisotopic (exact) mass is 238 g/mol. The van der Waals surface area contributed by atoms with Gasteiger partial charge in [0, 0.05) is 11.1 Å². The summed E-state index contributed by atoms with van der Waals surface area (Å²) in [6, 6.07) is 2.03. The van der Waals surface area contributed by atoms with E-state index in [9.17, 15) is 26.7 Å². The van der Waals surface area contributed by atoms with Crippen LogP contribution in [0, 0.1) is 0 Å². The number of ketones is 1. The van der Waals surface area contributed by atoms with Gasteiger partial charge >= 0.3 is 6.18 Å². The van der Waals surface area contributed by atoms with Crippen LogP contribution in [0.1, 0.15) is 34.8 Å². The predicted molar refractivity (Wildman–Crippen MR) is 46.4 cm³/mol. The highest BCUT2D eigenvalue weighted by Crippen LogP contribution is 2.36. The summed E-state index contributed by atoms with van der Waals surface area (Å²) >= 11 is 0. The van der Waals surface area contributed by atoms with Crippen molar-refractivity contribution < 1.29 is 26.7 Å². The molecule has 88 valence electrons. The minimum atomic E-state index is -4.89. The SMILES string of the molecule is CC(=O)c1ccc(C(F)F)c(C(F)(F)F)c1. The maximum Gasteiger partial charge on any atom is 0.416 e. The summed E-state index contributed by atoms with van der Waals surface area (Å²) in [5.74, 6) is -0.605. The second-order valence-corrected chi connectivity index (χ2v) is 3.16. The van der Waals surface area contributed by atoms with Gasteiger partial charge in [0.1, 0.15) is 0 Å². The molecule has 0 saturated heterocycles. The van der Waals surface area contributed by atoms with Crippen molar-refractivity contribution in [2.75, 3.05) is 0 Å². The Kier molecular flexibility index (Phi) is 3.30. The number of benzene rings is 1. The van der Waals surface area contributed by atoms with Gasteiger partial charge in [0.05, 0.1) is 5.56 Å². The molecule has 0 heterocycles. The fraction of sp³-hybridized carbons (Fsp3) is 0.300. The van der Waals surface area contributed by atoms with Crippen LogP contribution < -0.4 is 0 Å². The quantitative estimate of drug-likeness (QED) is 0.565. The smallest absolute Gasteiger partial charge is 0.295 e. The molecule has 0 aromatic heterocycles. The fourth-order valence-corrected chi connectivity index (χ4v) is 1.21. The Morgan fingerprint density at radius 3 is 2.19 bits per heavy atom. The Labute approximate surface area is 87.9 Å². The third kappa shape index (κ3) is 2.56. The maximum atomic E-state index is 12.4. The van der Waals surface area contributed by atoms with Crippen LogP contribution in [0.2, 0.25) is 0 Å². The van der Waals surface area contributed by atoms with Crippen molar-refractivity contribution in [2.24, 2.45) is 0 Å². The molecule has 0 saturated carbocycles. The van der Waals surface area contributed by atoms with Crippen LogP contribution in [0.3, 0.4) is 0 Å². The Bertz CT molecular complexity index is 408. The van der Waals surface area contributed by atoms with Crippen molar-refractivity contribution in [2.45, 2.75) is 19.5 Å². The van der Waals surface area contributed by atoms with E-state index < -0.39 is 29.5 Å². The first-order valence-electron chi connectivity index (χ1n) is 4.23. The molecule has 0 spiro atoms. The standard InChI is InChI=1S/C10H7F5O/c1-5(16)6-2-3-7(9(11)12)8(4-6)10(13,14)15/h2-4,9H,1H3. The molecule has 0 aliphatic rings. The molecule has 16 heavy (non-hydrogen) atoms. The first kappa shape index (κ1) is 12.6. The summed E-state index contributed by atoms with van der Waals surface area (Å²) in [5.41, 5.74) is -2.82. The molecular weight excluding hydrogens is 231 g/mol. The Balaban J connectivity index is 3.39. The zero-order valence-corrected chi connectivity index (χ0v) is 8.11. The molecule has 1 aromatic rings. The lowest BCUT2D eigenvalue weighted by atomic mass is 10.0. The van der Waals surface area contributed by atoms with Gasteiger partial charge in [-0.2, -0.15) is 13.2 Å². The fourth-order valence-electron chi connectivity index (χ4n) is 1.21. The minimum absolute atomic E-state index is 0.239. The van der Waals surface area contributed by atoms with Crippen molar-refractivity contribution in [1.82, 2.24) is 0 Å². The summed E-state index contributed by atoms with van der Waals surface area (Å²) in [7, 11) is 0. The van der Waals surface area contributed by atoms with Crippen LogP contribution >= 0.6 is 0 Å². The summed E-state index contributed by atoms with van der Waals surface area (Å²) in [6.45, 7) is 1.07. The van der Waals surface area contributed by atoms with Gasteiger partial charge in [0.15, 0.2) is 5.78 Å². The van der Waals surface area contributed by atoms with Gasteiger partial charge in [-0.25, -0.2) is 8.78 Å². The van der Waals surface area contributed by atoms with Crippen LogP contribution in [-0.2, 0) is 6.18 Å². The molecule has 1 aromatic carbocycles. The molecule has 0 radical (unpaired) electrons. The minimum Gasteiger partial charge on any atom is -0.295 e. The highest BCUT2D eigenvalue weighted by molar-refractivity contribution is 5.94. The van der Waals surface area contributed by atoms with E-state index in [1.165, 1.54) is 0 Å². The number of hydrogen-bond donors (Lipinski definition) is 0. The van der Waals surface area contributed by atoms with Crippen LogP contribution in [0.25, 0.3) is 0 Å². The molecule has 0 N–H and O–H groups in total. The van der Waals surface area contributed by atoms with Crippen LogP contribution in [0.5, 0.6) is 0 Å². The zero-order chi connectivity index (χ0) is 12.5. The number of hydrogen-bond acceptors (Lipinski definition) is 1. The van der Waals surface area contributed by atoms with Crippen molar-refractivity contribution in [3.63, 3.8) is 0 Å². The second kappa shape index (κ2) is 4.19. The summed E-state index contributed by atoms with van der Waals surface area (Å²) < 4.78 is 61.8. The van der Waals surface area contributed by atoms with Crippen LogP contribution in [0.15, 0.2) is 18.2 Å². The topological polar surface area (TPSA) is 17.1 Å². The first-order valence-corrected chi connectivity index (χ1v) is 4.23. The molecule has 0 bridgehead atoms. The Morgan fingerprint density at radius 1 is 1.25 bits per heavy atom. The molecule has 0 unspecified atom stereocenters. The van der Waals surface area contributed by atoms with E-state index in [1.807, 2.05) is 0 Å². The number of rotatable bonds is 2. The van der Waals surface area contributed by atoms with Gasteiger partial charge in [-0.3, -0.25) is 4.79 Å². The van der Waals surface area contributed by atoms with Gasteiger partial charge in [-0.05, 0) is 13.0 Å². The first-order chi connectivity index (χ1) is 7.23. The van der Waals surface area contributed by atoms with Crippen molar-refractivity contribution in [3.8, 4) is 0 Å². The molecular formula is C10H7F5O.